The van der Waals surface area contributed by atoms with Crippen LogP contribution in [0.3, 0.4) is 0 Å². The van der Waals surface area contributed by atoms with E-state index in [9.17, 15) is 0 Å². The second kappa shape index (κ2) is 6.26. The van der Waals surface area contributed by atoms with Crippen molar-refractivity contribution in [3.63, 3.8) is 0 Å². The van der Waals surface area contributed by atoms with Gasteiger partial charge in [0.15, 0.2) is 0 Å². The van der Waals surface area contributed by atoms with Crippen LogP contribution in [0.2, 0.25) is 0 Å². The summed E-state index contributed by atoms with van der Waals surface area (Å²) in [6.07, 6.45) is 10.5. The van der Waals surface area contributed by atoms with Crippen LogP contribution in [-0.2, 0) is 6.42 Å². The maximum absolute atomic E-state index is 4.58. The summed E-state index contributed by atoms with van der Waals surface area (Å²) in [5.74, 6) is 3.07. The molecular weight excluding hydrogens is 244 g/mol. The minimum absolute atomic E-state index is 0.611. The Kier molecular flexibility index (Phi) is 4.40. The van der Waals surface area contributed by atoms with Gasteiger partial charge in [-0.1, -0.05) is 19.4 Å². The summed E-state index contributed by atoms with van der Waals surface area (Å²) >= 11 is 0. The molecule has 0 saturated heterocycles. The fraction of sp³-hybridized carbons (Fsp3) is 0.722. The lowest BCUT2D eigenvalue weighted by Crippen LogP contribution is -2.34. The zero-order valence-electron chi connectivity index (χ0n) is 12.9. The van der Waals surface area contributed by atoms with Crippen molar-refractivity contribution >= 4 is 0 Å². The highest BCUT2D eigenvalue weighted by Crippen LogP contribution is 2.49. The number of hydrogen-bond donors (Lipinski definition) is 1. The van der Waals surface area contributed by atoms with Gasteiger partial charge in [-0.2, -0.15) is 0 Å². The van der Waals surface area contributed by atoms with E-state index in [2.05, 4.69) is 36.3 Å². The summed E-state index contributed by atoms with van der Waals surface area (Å²) in [4.78, 5) is 4.58. The van der Waals surface area contributed by atoms with Crippen molar-refractivity contribution in [1.82, 2.24) is 10.3 Å². The van der Waals surface area contributed by atoms with Crippen LogP contribution in [-0.4, -0.2) is 17.6 Å². The zero-order chi connectivity index (χ0) is 13.9. The SMILES string of the molecule is CCNC(Cc1ccc(C)cn1)CC1CC2CCC1C2. The van der Waals surface area contributed by atoms with Gasteiger partial charge in [-0.15, -0.1) is 0 Å². The Morgan fingerprint density at radius 1 is 1.30 bits per heavy atom. The molecule has 4 unspecified atom stereocenters. The summed E-state index contributed by atoms with van der Waals surface area (Å²) in [7, 11) is 0. The minimum atomic E-state index is 0.611. The molecule has 0 spiro atoms. The first-order valence-electron chi connectivity index (χ1n) is 8.39. The lowest BCUT2D eigenvalue weighted by molar-refractivity contribution is 0.277. The number of nitrogens with zero attached hydrogens (tertiary/aromatic N) is 1. The van der Waals surface area contributed by atoms with Crippen molar-refractivity contribution in [3.05, 3.63) is 29.6 Å². The van der Waals surface area contributed by atoms with E-state index in [1.54, 1.807) is 0 Å². The van der Waals surface area contributed by atoms with E-state index in [0.717, 1.165) is 30.7 Å². The van der Waals surface area contributed by atoms with Crippen molar-refractivity contribution in [3.8, 4) is 0 Å². The quantitative estimate of drug-likeness (QED) is 0.853. The van der Waals surface area contributed by atoms with Crippen LogP contribution < -0.4 is 5.32 Å². The fourth-order valence-corrected chi connectivity index (χ4v) is 4.43. The molecule has 2 aliphatic rings. The van der Waals surface area contributed by atoms with E-state index >= 15 is 0 Å². The Morgan fingerprint density at radius 2 is 2.20 bits per heavy atom. The number of nitrogens with one attached hydrogen (secondary N) is 1. The molecule has 1 N–H and O–H groups in total. The van der Waals surface area contributed by atoms with Gasteiger partial charge in [0, 0.05) is 24.4 Å². The molecule has 1 aromatic rings. The number of aromatic nitrogens is 1. The van der Waals surface area contributed by atoms with Gasteiger partial charge in [0.05, 0.1) is 0 Å². The molecule has 2 bridgehead atoms. The highest BCUT2D eigenvalue weighted by molar-refractivity contribution is 5.13. The molecule has 4 atom stereocenters. The molecular formula is C18H28N2. The van der Waals surface area contributed by atoms with Crippen LogP contribution in [0.1, 0.15) is 50.3 Å². The van der Waals surface area contributed by atoms with E-state index in [-0.39, 0.29) is 0 Å². The Hall–Kier alpha value is -0.890. The fourth-order valence-electron chi connectivity index (χ4n) is 4.43. The van der Waals surface area contributed by atoms with E-state index in [0.29, 0.717) is 6.04 Å². The summed E-state index contributed by atoms with van der Waals surface area (Å²) < 4.78 is 0. The molecule has 1 aromatic heterocycles. The molecule has 20 heavy (non-hydrogen) atoms. The first-order chi connectivity index (χ1) is 9.74. The zero-order valence-corrected chi connectivity index (χ0v) is 12.9. The first kappa shape index (κ1) is 14.1. The molecule has 0 radical (unpaired) electrons. The van der Waals surface area contributed by atoms with Crippen LogP contribution in [0.5, 0.6) is 0 Å². The molecule has 3 rings (SSSR count). The van der Waals surface area contributed by atoms with Gasteiger partial charge in [0.2, 0.25) is 0 Å². The smallest absolute Gasteiger partial charge is 0.0419 e. The van der Waals surface area contributed by atoms with Crippen LogP contribution in [0, 0.1) is 24.7 Å². The van der Waals surface area contributed by atoms with Gasteiger partial charge in [-0.05, 0) is 68.5 Å². The van der Waals surface area contributed by atoms with Crippen molar-refractivity contribution in [2.24, 2.45) is 17.8 Å². The predicted molar refractivity (Wildman–Crippen MR) is 83.7 cm³/mol. The van der Waals surface area contributed by atoms with E-state index < -0.39 is 0 Å². The number of likely N-dealkylation sites (N-methyl/N-ethyl adjacent to an activating group) is 1. The normalized spacial score (nSPS) is 29.8. The van der Waals surface area contributed by atoms with Gasteiger partial charge in [-0.25, -0.2) is 0 Å². The number of pyridine rings is 1. The molecule has 2 nitrogen and oxygen atoms in total. The molecule has 2 heteroatoms. The number of aryl methyl sites for hydroxylation is 1. The third-order valence-electron chi connectivity index (χ3n) is 5.39. The molecule has 110 valence electrons. The Balaban J connectivity index is 1.59. The second-order valence-electron chi connectivity index (χ2n) is 6.96. The predicted octanol–water partition coefficient (Wildman–Crippen LogP) is 3.74. The Bertz CT molecular complexity index is 426. The average Bonchev–Trinajstić information content (AvgIpc) is 3.04. The Morgan fingerprint density at radius 3 is 2.80 bits per heavy atom. The number of hydrogen-bond acceptors (Lipinski definition) is 2. The van der Waals surface area contributed by atoms with Crippen molar-refractivity contribution in [1.29, 1.82) is 0 Å². The van der Waals surface area contributed by atoms with Gasteiger partial charge in [-0.3, -0.25) is 4.98 Å². The number of fused-ring (bicyclic) bond motifs is 2. The van der Waals surface area contributed by atoms with Crippen LogP contribution in [0.4, 0.5) is 0 Å². The van der Waals surface area contributed by atoms with Gasteiger partial charge in [0.1, 0.15) is 0 Å². The van der Waals surface area contributed by atoms with Crippen LogP contribution in [0.25, 0.3) is 0 Å². The highest BCUT2D eigenvalue weighted by Gasteiger charge is 2.39. The van der Waals surface area contributed by atoms with Gasteiger partial charge >= 0.3 is 0 Å². The van der Waals surface area contributed by atoms with Crippen molar-refractivity contribution in [2.75, 3.05) is 6.54 Å². The molecule has 2 fully saturated rings. The molecule has 2 aliphatic carbocycles. The van der Waals surface area contributed by atoms with Crippen LogP contribution >= 0.6 is 0 Å². The van der Waals surface area contributed by atoms with Crippen LogP contribution in [0.15, 0.2) is 18.3 Å². The molecule has 0 amide bonds. The summed E-state index contributed by atoms with van der Waals surface area (Å²) in [5.41, 5.74) is 2.49. The first-order valence-corrected chi connectivity index (χ1v) is 8.39. The molecule has 0 aliphatic heterocycles. The largest absolute Gasteiger partial charge is 0.314 e. The second-order valence-corrected chi connectivity index (χ2v) is 6.96. The lowest BCUT2D eigenvalue weighted by Gasteiger charge is -2.27. The van der Waals surface area contributed by atoms with E-state index in [4.69, 9.17) is 0 Å². The van der Waals surface area contributed by atoms with Gasteiger partial charge < -0.3 is 5.32 Å². The van der Waals surface area contributed by atoms with Gasteiger partial charge in [0.25, 0.3) is 0 Å². The van der Waals surface area contributed by atoms with E-state index in [1.807, 2.05) is 6.20 Å². The summed E-state index contributed by atoms with van der Waals surface area (Å²) in [5, 5.41) is 3.69. The van der Waals surface area contributed by atoms with Crippen molar-refractivity contribution < 1.29 is 0 Å². The Labute approximate surface area is 123 Å². The monoisotopic (exact) mass is 272 g/mol. The third kappa shape index (κ3) is 3.22. The molecule has 0 aromatic carbocycles. The maximum Gasteiger partial charge on any atom is 0.0419 e. The lowest BCUT2D eigenvalue weighted by atomic mass is 9.83. The van der Waals surface area contributed by atoms with Crippen molar-refractivity contribution in [2.45, 2.75) is 58.4 Å². The molecule has 2 saturated carbocycles. The summed E-state index contributed by atoms with van der Waals surface area (Å²) in [6.45, 7) is 5.39. The van der Waals surface area contributed by atoms with E-state index in [1.165, 1.54) is 43.4 Å². The maximum atomic E-state index is 4.58. The number of rotatable bonds is 6. The standard InChI is InChI=1S/C18H28N2/c1-3-19-18(11-17-7-4-13(2)12-20-17)10-16-9-14-5-6-15(16)8-14/h4,7,12,14-16,18-19H,3,5-6,8-11H2,1-2H3. The average molecular weight is 272 g/mol. The third-order valence-corrected chi connectivity index (χ3v) is 5.39. The topological polar surface area (TPSA) is 24.9 Å². The highest BCUT2D eigenvalue weighted by atomic mass is 14.9. The molecule has 1 heterocycles. The minimum Gasteiger partial charge on any atom is -0.314 e. The summed E-state index contributed by atoms with van der Waals surface area (Å²) in [6, 6.07) is 4.99.